The molecule has 0 atom stereocenters. The topological polar surface area (TPSA) is 27.7 Å². The molecule has 0 aliphatic heterocycles. The number of unbranched alkanes of at least 4 members (excludes halogenated alkanes) is 12. The van der Waals surface area contributed by atoms with Crippen LogP contribution >= 0.6 is 0 Å². The van der Waals surface area contributed by atoms with Crippen LogP contribution in [0.1, 0.15) is 115 Å². The third-order valence-electron chi connectivity index (χ3n) is 6.42. The van der Waals surface area contributed by atoms with E-state index in [4.69, 9.17) is 14.2 Å². The van der Waals surface area contributed by atoms with Crippen LogP contribution in [-0.4, -0.2) is 13.2 Å². The van der Waals surface area contributed by atoms with Crippen molar-refractivity contribution in [3.05, 3.63) is 59.7 Å². The first kappa shape index (κ1) is 29.2. The lowest BCUT2D eigenvalue weighted by Gasteiger charge is -2.09. The summed E-state index contributed by atoms with van der Waals surface area (Å²) in [6.07, 6.45) is 18.3. The second-order valence-electron chi connectivity index (χ2n) is 9.72. The molecule has 0 unspecified atom stereocenters. The molecule has 0 aromatic heterocycles. The average Bonchev–Trinajstić information content (AvgIpc) is 2.89. The highest BCUT2D eigenvalue weighted by atomic mass is 16.5. The zero-order valence-corrected chi connectivity index (χ0v) is 22.6. The lowest BCUT2D eigenvalue weighted by Crippen LogP contribution is -1.99. The molecule has 0 saturated carbocycles. The van der Waals surface area contributed by atoms with Crippen molar-refractivity contribution in [2.45, 2.75) is 117 Å². The summed E-state index contributed by atoms with van der Waals surface area (Å²) in [6.45, 7) is 7.35. The first-order valence-electron chi connectivity index (χ1n) is 14.3. The van der Waals surface area contributed by atoms with E-state index in [1.54, 1.807) is 0 Å². The van der Waals surface area contributed by atoms with E-state index in [0.717, 1.165) is 37.6 Å². The summed E-state index contributed by atoms with van der Waals surface area (Å²) in [5, 5.41) is 0. The van der Waals surface area contributed by atoms with Gasteiger partial charge in [-0.15, -0.1) is 0 Å². The van der Waals surface area contributed by atoms with Crippen LogP contribution < -0.4 is 9.47 Å². The van der Waals surface area contributed by atoms with Crippen LogP contribution in [0.25, 0.3) is 0 Å². The quantitative estimate of drug-likeness (QED) is 0.156. The molecular weight excluding hydrogens is 432 g/mol. The van der Waals surface area contributed by atoms with Crippen molar-refractivity contribution >= 4 is 0 Å². The van der Waals surface area contributed by atoms with Crippen LogP contribution in [0.3, 0.4) is 0 Å². The average molecular weight is 483 g/mol. The summed E-state index contributed by atoms with van der Waals surface area (Å²) in [5.74, 6) is 1.90. The Balaban J connectivity index is 1.51. The molecule has 2 rings (SSSR count). The van der Waals surface area contributed by atoms with Crippen LogP contribution in [0.5, 0.6) is 11.5 Å². The van der Waals surface area contributed by atoms with E-state index in [0.29, 0.717) is 13.2 Å². The molecule has 0 aliphatic rings. The Morgan fingerprint density at radius 1 is 0.429 bits per heavy atom. The van der Waals surface area contributed by atoms with E-state index in [9.17, 15) is 0 Å². The van der Waals surface area contributed by atoms with Crippen LogP contribution in [0.2, 0.25) is 0 Å². The van der Waals surface area contributed by atoms with Crippen molar-refractivity contribution in [2.24, 2.45) is 0 Å². The number of ether oxygens (including phenoxy) is 3. The minimum Gasteiger partial charge on any atom is -0.494 e. The van der Waals surface area contributed by atoms with Gasteiger partial charge < -0.3 is 14.2 Å². The van der Waals surface area contributed by atoms with Crippen molar-refractivity contribution in [1.29, 1.82) is 0 Å². The number of benzene rings is 2. The molecule has 0 radical (unpaired) electrons. The van der Waals surface area contributed by atoms with Gasteiger partial charge in [0.05, 0.1) is 26.4 Å². The minimum absolute atomic E-state index is 0.606. The zero-order chi connectivity index (χ0) is 24.8. The summed E-state index contributed by atoms with van der Waals surface area (Å²) in [5.41, 5.74) is 2.34. The molecule has 0 aliphatic carbocycles. The van der Waals surface area contributed by atoms with Crippen LogP contribution in [0.15, 0.2) is 48.5 Å². The standard InChI is InChI=1S/C32H50O3/c1-3-5-7-9-11-13-15-25-34-31-21-17-29(18-22-31)27-33-28-30-19-23-32(24-20-30)35-26-16-14-12-10-8-6-4-2/h17-24H,3-16,25-28H2,1-2H3. The number of rotatable bonds is 22. The Morgan fingerprint density at radius 2 is 0.771 bits per heavy atom. The highest BCUT2D eigenvalue weighted by Gasteiger charge is 2.00. The molecule has 2 aromatic rings. The maximum atomic E-state index is 5.91. The molecule has 196 valence electrons. The van der Waals surface area contributed by atoms with E-state index in [1.165, 1.54) is 88.2 Å². The molecular formula is C32H50O3. The van der Waals surface area contributed by atoms with E-state index in [1.807, 2.05) is 0 Å². The van der Waals surface area contributed by atoms with Gasteiger partial charge in [0.1, 0.15) is 11.5 Å². The molecule has 0 heterocycles. The molecule has 35 heavy (non-hydrogen) atoms. The van der Waals surface area contributed by atoms with Crippen LogP contribution in [0.4, 0.5) is 0 Å². The van der Waals surface area contributed by atoms with Crippen molar-refractivity contribution in [3.63, 3.8) is 0 Å². The van der Waals surface area contributed by atoms with Crippen molar-refractivity contribution < 1.29 is 14.2 Å². The van der Waals surface area contributed by atoms with E-state index >= 15 is 0 Å². The summed E-state index contributed by atoms with van der Waals surface area (Å²) in [4.78, 5) is 0. The van der Waals surface area contributed by atoms with Crippen molar-refractivity contribution in [1.82, 2.24) is 0 Å². The van der Waals surface area contributed by atoms with Gasteiger partial charge in [-0.3, -0.25) is 0 Å². The van der Waals surface area contributed by atoms with Gasteiger partial charge >= 0.3 is 0 Å². The lowest BCUT2D eigenvalue weighted by atomic mass is 10.1. The number of hydrogen-bond acceptors (Lipinski definition) is 3. The first-order chi connectivity index (χ1) is 17.3. The fraction of sp³-hybridized carbons (Fsp3) is 0.625. The molecule has 0 bridgehead atoms. The first-order valence-corrected chi connectivity index (χ1v) is 14.3. The predicted octanol–water partition coefficient (Wildman–Crippen LogP) is 9.66. The van der Waals surface area contributed by atoms with E-state index in [-0.39, 0.29) is 0 Å². The fourth-order valence-electron chi connectivity index (χ4n) is 4.15. The third kappa shape index (κ3) is 14.9. The lowest BCUT2D eigenvalue weighted by molar-refractivity contribution is 0.107. The zero-order valence-electron chi connectivity index (χ0n) is 22.6. The van der Waals surface area contributed by atoms with Gasteiger partial charge in [0, 0.05) is 0 Å². The van der Waals surface area contributed by atoms with E-state index < -0.39 is 0 Å². The van der Waals surface area contributed by atoms with Gasteiger partial charge in [-0.1, -0.05) is 115 Å². The highest BCUT2D eigenvalue weighted by molar-refractivity contribution is 5.28. The highest BCUT2D eigenvalue weighted by Crippen LogP contribution is 2.17. The smallest absolute Gasteiger partial charge is 0.119 e. The normalized spacial score (nSPS) is 11.0. The molecule has 0 spiro atoms. The second-order valence-corrected chi connectivity index (χ2v) is 9.72. The largest absolute Gasteiger partial charge is 0.494 e. The Hall–Kier alpha value is -2.00. The molecule has 0 N–H and O–H groups in total. The Labute approximate surface area is 215 Å². The second kappa shape index (κ2) is 20.2. The molecule has 2 aromatic carbocycles. The summed E-state index contributed by atoms with van der Waals surface area (Å²) < 4.78 is 17.7. The monoisotopic (exact) mass is 482 g/mol. The maximum absolute atomic E-state index is 5.91. The maximum Gasteiger partial charge on any atom is 0.119 e. The van der Waals surface area contributed by atoms with Crippen molar-refractivity contribution in [3.8, 4) is 11.5 Å². The fourth-order valence-corrected chi connectivity index (χ4v) is 4.15. The molecule has 3 heteroatoms. The molecule has 0 saturated heterocycles. The summed E-state index contributed by atoms with van der Waals surface area (Å²) in [6, 6.07) is 16.6. The molecule has 0 amide bonds. The van der Waals surface area contributed by atoms with Gasteiger partial charge in [-0.2, -0.15) is 0 Å². The number of hydrogen-bond donors (Lipinski definition) is 0. The SMILES string of the molecule is CCCCCCCCCOc1ccc(COCc2ccc(OCCCCCCCCC)cc2)cc1. The Morgan fingerprint density at radius 3 is 1.14 bits per heavy atom. The minimum atomic E-state index is 0.606. The summed E-state index contributed by atoms with van der Waals surface area (Å²) >= 11 is 0. The molecule has 0 fully saturated rings. The van der Waals surface area contributed by atoms with Gasteiger partial charge in [0.25, 0.3) is 0 Å². The van der Waals surface area contributed by atoms with Gasteiger partial charge in [-0.05, 0) is 48.2 Å². The van der Waals surface area contributed by atoms with Gasteiger partial charge in [0.15, 0.2) is 0 Å². The van der Waals surface area contributed by atoms with E-state index in [2.05, 4.69) is 62.4 Å². The Bertz CT molecular complexity index is 660. The molecule has 3 nitrogen and oxygen atoms in total. The van der Waals surface area contributed by atoms with Gasteiger partial charge in [0.2, 0.25) is 0 Å². The van der Waals surface area contributed by atoms with Crippen LogP contribution in [-0.2, 0) is 18.0 Å². The van der Waals surface area contributed by atoms with Crippen LogP contribution in [0, 0.1) is 0 Å². The third-order valence-corrected chi connectivity index (χ3v) is 6.42. The summed E-state index contributed by atoms with van der Waals surface area (Å²) in [7, 11) is 0. The predicted molar refractivity (Wildman–Crippen MR) is 148 cm³/mol. The van der Waals surface area contributed by atoms with Crippen molar-refractivity contribution in [2.75, 3.05) is 13.2 Å². The van der Waals surface area contributed by atoms with Gasteiger partial charge in [-0.25, -0.2) is 0 Å². The Kier molecular flexibility index (Phi) is 16.9.